The fraction of sp³-hybridized carbons (Fsp3) is 0.524. The summed E-state index contributed by atoms with van der Waals surface area (Å²) in [6, 6.07) is 11.3. The van der Waals surface area contributed by atoms with Crippen LogP contribution in [-0.4, -0.2) is 24.0 Å². The summed E-state index contributed by atoms with van der Waals surface area (Å²) >= 11 is 1.81. The molecule has 1 aromatic heterocycles. The molecule has 1 atom stereocenters. The summed E-state index contributed by atoms with van der Waals surface area (Å²) in [5.41, 5.74) is 9.50. The smallest absolute Gasteiger partial charge is 0.0314 e. The van der Waals surface area contributed by atoms with Crippen LogP contribution in [0.4, 0.5) is 5.69 Å². The van der Waals surface area contributed by atoms with E-state index in [1.165, 1.54) is 49.8 Å². The number of benzene rings is 1. The molecule has 3 heteroatoms. The minimum atomic E-state index is 0.686. The molecule has 0 amide bonds. The van der Waals surface area contributed by atoms with Crippen molar-refractivity contribution in [2.24, 2.45) is 0 Å². The number of anilines is 1. The molecule has 0 saturated carbocycles. The van der Waals surface area contributed by atoms with Gasteiger partial charge in [0.25, 0.3) is 0 Å². The first-order valence-corrected chi connectivity index (χ1v) is 10.3. The topological polar surface area (TPSA) is 29.3 Å². The van der Waals surface area contributed by atoms with E-state index < -0.39 is 0 Å². The molecule has 2 nitrogen and oxygen atoms in total. The molecule has 2 N–H and O–H groups in total. The van der Waals surface area contributed by atoms with Crippen LogP contribution in [0.5, 0.6) is 0 Å². The Kier molecular flexibility index (Phi) is 8.34. The molecule has 1 aromatic carbocycles. The summed E-state index contributed by atoms with van der Waals surface area (Å²) in [5, 5.41) is 4.50. The SMILES string of the molecule is CCCC(Cc1ccsc1)N(CC)CCCCc1ccc(N)cc1. The average molecular weight is 345 g/mol. The molecule has 0 bridgehead atoms. The minimum absolute atomic E-state index is 0.686. The molecule has 0 aliphatic rings. The highest BCUT2D eigenvalue weighted by Crippen LogP contribution is 2.17. The molecule has 1 heterocycles. The molecular weight excluding hydrogens is 312 g/mol. The van der Waals surface area contributed by atoms with Crippen LogP contribution in [-0.2, 0) is 12.8 Å². The number of hydrogen-bond donors (Lipinski definition) is 1. The molecule has 24 heavy (non-hydrogen) atoms. The molecule has 0 aliphatic heterocycles. The van der Waals surface area contributed by atoms with Gasteiger partial charge in [0.2, 0.25) is 0 Å². The first kappa shape index (κ1) is 19.0. The third kappa shape index (κ3) is 6.29. The van der Waals surface area contributed by atoms with Crippen molar-refractivity contribution in [3.05, 3.63) is 52.2 Å². The van der Waals surface area contributed by atoms with Crippen molar-refractivity contribution in [3.63, 3.8) is 0 Å². The zero-order chi connectivity index (χ0) is 17.2. The van der Waals surface area contributed by atoms with Crippen LogP contribution in [0.2, 0.25) is 0 Å². The standard InChI is InChI=1S/C21H32N2S/c1-3-7-21(16-19-13-15-24-17-19)23(4-2)14-6-5-8-18-9-11-20(22)12-10-18/h9-13,15,17,21H,3-8,14,16,22H2,1-2H3. The van der Waals surface area contributed by atoms with Gasteiger partial charge in [0.15, 0.2) is 0 Å². The number of hydrogen-bond acceptors (Lipinski definition) is 3. The number of rotatable bonds is 11. The molecule has 2 aromatic rings. The maximum atomic E-state index is 5.75. The van der Waals surface area contributed by atoms with E-state index in [0.717, 1.165) is 18.7 Å². The monoisotopic (exact) mass is 344 g/mol. The van der Waals surface area contributed by atoms with Gasteiger partial charge >= 0.3 is 0 Å². The molecular formula is C21H32N2S. The fourth-order valence-corrected chi connectivity index (χ4v) is 4.04. The zero-order valence-electron chi connectivity index (χ0n) is 15.2. The Labute approximate surface area is 151 Å². The predicted molar refractivity (Wildman–Crippen MR) is 108 cm³/mol. The van der Waals surface area contributed by atoms with Crippen LogP contribution in [0.15, 0.2) is 41.1 Å². The van der Waals surface area contributed by atoms with Crippen molar-refractivity contribution in [2.45, 2.75) is 58.4 Å². The highest BCUT2D eigenvalue weighted by molar-refractivity contribution is 7.07. The normalized spacial score (nSPS) is 12.6. The Hall–Kier alpha value is -1.32. The van der Waals surface area contributed by atoms with Gasteiger partial charge in [0, 0.05) is 11.7 Å². The fourth-order valence-electron chi connectivity index (χ4n) is 3.36. The summed E-state index contributed by atoms with van der Waals surface area (Å²) in [7, 11) is 0. The van der Waals surface area contributed by atoms with Crippen molar-refractivity contribution in [1.82, 2.24) is 4.90 Å². The van der Waals surface area contributed by atoms with Crippen LogP contribution in [0.1, 0.15) is 50.7 Å². The van der Waals surface area contributed by atoms with Crippen molar-refractivity contribution >= 4 is 17.0 Å². The largest absolute Gasteiger partial charge is 0.399 e. The maximum Gasteiger partial charge on any atom is 0.0314 e. The van der Waals surface area contributed by atoms with E-state index in [0.29, 0.717) is 6.04 Å². The highest BCUT2D eigenvalue weighted by atomic mass is 32.1. The number of nitrogens with two attached hydrogens (primary N) is 1. The summed E-state index contributed by atoms with van der Waals surface area (Å²) in [4.78, 5) is 2.68. The second kappa shape index (κ2) is 10.5. The van der Waals surface area contributed by atoms with Gasteiger partial charge in [-0.15, -0.1) is 0 Å². The molecule has 0 spiro atoms. The van der Waals surface area contributed by atoms with E-state index >= 15 is 0 Å². The Morgan fingerprint density at radius 3 is 2.46 bits per heavy atom. The second-order valence-corrected chi connectivity index (χ2v) is 7.39. The van der Waals surface area contributed by atoms with Crippen molar-refractivity contribution in [3.8, 4) is 0 Å². The van der Waals surface area contributed by atoms with Crippen molar-refractivity contribution in [2.75, 3.05) is 18.8 Å². The van der Waals surface area contributed by atoms with Gasteiger partial charge in [-0.25, -0.2) is 0 Å². The van der Waals surface area contributed by atoms with E-state index in [-0.39, 0.29) is 0 Å². The highest BCUT2D eigenvalue weighted by Gasteiger charge is 2.16. The van der Waals surface area contributed by atoms with Crippen LogP contribution >= 0.6 is 11.3 Å². The van der Waals surface area contributed by atoms with Gasteiger partial charge in [-0.1, -0.05) is 32.4 Å². The number of nitrogen functional groups attached to an aromatic ring is 1. The van der Waals surface area contributed by atoms with Crippen molar-refractivity contribution in [1.29, 1.82) is 0 Å². The summed E-state index contributed by atoms with van der Waals surface area (Å²) in [6.07, 6.45) is 7.42. The predicted octanol–water partition coefficient (Wildman–Crippen LogP) is 5.39. The number of thiophene rings is 1. The van der Waals surface area contributed by atoms with E-state index in [1.807, 2.05) is 23.5 Å². The van der Waals surface area contributed by atoms with Gasteiger partial charge in [-0.05, 0) is 85.3 Å². The van der Waals surface area contributed by atoms with Gasteiger partial charge in [-0.3, -0.25) is 0 Å². The number of nitrogens with zero attached hydrogens (tertiary/aromatic N) is 1. The number of likely N-dealkylation sites (N-methyl/N-ethyl adjacent to an activating group) is 1. The number of aryl methyl sites for hydroxylation is 1. The van der Waals surface area contributed by atoms with E-state index in [1.54, 1.807) is 0 Å². The zero-order valence-corrected chi connectivity index (χ0v) is 16.0. The van der Waals surface area contributed by atoms with E-state index in [4.69, 9.17) is 5.73 Å². The van der Waals surface area contributed by atoms with E-state index in [2.05, 4.69) is 47.7 Å². The van der Waals surface area contributed by atoms with E-state index in [9.17, 15) is 0 Å². The van der Waals surface area contributed by atoms with Gasteiger partial charge in [-0.2, -0.15) is 11.3 Å². The minimum Gasteiger partial charge on any atom is -0.399 e. The summed E-state index contributed by atoms with van der Waals surface area (Å²) in [5.74, 6) is 0. The van der Waals surface area contributed by atoms with Gasteiger partial charge in [0.05, 0.1) is 0 Å². The van der Waals surface area contributed by atoms with Crippen LogP contribution in [0.25, 0.3) is 0 Å². The molecule has 0 saturated heterocycles. The van der Waals surface area contributed by atoms with Crippen molar-refractivity contribution < 1.29 is 0 Å². The number of unbranched alkanes of at least 4 members (excludes halogenated alkanes) is 1. The molecule has 0 aliphatic carbocycles. The van der Waals surface area contributed by atoms with Gasteiger partial charge < -0.3 is 10.6 Å². The lowest BCUT2D eigenvalue weighted by atomic mass is 10.0. The first-order valence-electron chi connectivity index (χ1n) is 9.32. The van der Waals surface area contributed by atoms with Crippen LogP contribution < -0.4 is 5.73 Å². The first-order chi connectivity index (χ1) is 11.7. The summed E-state index contributed by atoms with van der Waals surface area (Å²) in [6.45, 7) is 6.96. The lowest BCUT2D eigenvalue weighted by Gasteiger charge is -2.30. The Morgan fingerprint density at radius 1 is 1.04 bits per heavy atom. The third-order valence-electron chi connectivity index (χ3n) is 4.74. The summed E-state index contributed by atoms with van der Waals surface area (Å²) < 4.78 is 0. The maximum absolute atomic E-state index is 5.75. The second-order valence-electron chi connectivity index (χ2n) is 6.61. The Morgan fingerprint density at radius 2 is 1.83 bits per heavy atom. The Balaban J connectivity index is 1.79. The molecule has 1 unspecified atom stereocenters. The molecule has 132 valence electrons. The Bertz CT molecular complexity index is 548. The van der Waals surface area contributed by atoms with Crippen LogP contribution in [0.3, 0.4) is 0 Å². The molecule has 0 radical (unpaired) electrons. The quantitative estimate of drug-likeness (QED) is 0.437. The lowest BCUT2D eigenvalue weighted by molar-refractivity contribution is 0.190. The average Bonchev–Trinajstić information content (AvgIpc) is 3.09. The molecule has 2 rings (SSSR count). The third-order valence-corrected chi connectivity index (χ3v) is 5.47. The lowest BCUT2D eigenvalue weighted by Crippen LogP contribution is -2.37. The van der Waals surface area contributed by atoms with Gasteiger partial charge in [0.1, 0.15) is 0 Å². The molecule has 0 fully saturated rings. The van der Waals surface area contributed by atoms with Crippen LogP contribution in [0, 0.1) is 0 Å².